The maximum Gasteiger partial charge on any atom is 0.134 e. The lowest BCUT2D eigenvalue weighted by Gasteiger charge is -2.04. The van der Waals surface area contributed by atoms with Crippen molar-refractivity contribution in [3.05, 3.63) is 51.5 Å². The lowest BCUT2D eigenvalue weighted by molar-refractivity contribution is 0.866. The van der Waals surface area contributed by atoms with E-state index in [1.54, 1.807) is 0 Å². The molecule has 0 saturated carbocycles. The Bertz CT molecular complexity index is 628. The molecule has 1 aromatic carbocycles. The second-order valence-corrected chi connectivity index (χ2v) is 5.64. The largest absolute Gasteiger partial charge is 0.241 e. The van der Waals surface area contributed by atoms with Gasteiger partial charge in [0.05, 0.1) is 5.57 Å². The molecule has 2 rings (SSSR count). The molecule has 0 amide bonds. The number of thiazole rings is 1. The van der Waals surface area contributed by atoms with Crippen LogP contribution < -0.4 is 0 Å². The van der Waals surface area contributed by atoms with Crippen LogP contribution >= 0.6 is 11.3 Å². The Morgan fingerprint density at radius 1 is 1.32 bits per heavy atom. The zero-order valence-electron chi connectivity index (χ0n) is 11.3. The Morgan fingerprint density at radius 3 is 2.47 bits per heavy atom. The zero-order valence-corrected chi connectivity index (χ0v) is 12.2. The number of benzene rings is 1. The molecule has 0 aliphatic rings. The summed E-state index contributed by atoms with van der Waals surface area (Å²) in [5.74, 6) is 0.523. The summed E-state index contributed by atoms with van der Waals surface area (Å²) in [5, 5.41) is 12.0. The van der Waals surface area contributed by atoms with E-state index in [0.29, 0.717) is 11.5 Å². The molecule has 96 valence electrons. The molecule has 0 aliphatic heterocycles. The minimum Gasteiger partial charge on any atom is -0.241 e. The van der Waals surface area contributed by atoms with Crippen LogP contribution in [0.2, 0.25) is 0 Å². The molecule has 1 heterocycles. The lowest BCUT2D eigenvalue weighted by Crippen LogP contribution is -1.87. The quantitative estimate of drug-likeness (QED) is 0.760. The molecule has 0 aliphatic carbocycles. The second kappa shape index (κ2) is 5.81. The van der Waals surface area contributed by atoms with Gasteiger partial charge in [-0.15, -0.1) is 11.3 Å². The number of nitriles is 1. The molecule has 0 bridgehead atoms. The molecule has 0 N–H and O–H groups in total. The van der Waals surface area contributed by atoms with Crippen LogP contribution in [0.25, 0.3) is 11.6 Å². The van der Waals surface area contributed by atoms with E-state index in [2.05, 4.69) is 37.0 Å². The van der Waals surface area contributed by atoms with Crippen molar-refractivity contribution in [2.75, 3.05) is 0 Å². The predicted molar refractivity (Wildman–Crippen MR) is 80.9 cm³/mol. The summed E-state index contributed by atoms with van der Waals surface area (Å²) in [6.07, 6.45) is 1.89. The number of allylic oxidation sites excluding steroid dienone is 1. The van der Waals surface area contributed by atoms with E-state index in [1.807, 2.05) is 30.5 Å². The van der Waals surface area contributed by atoms with Gasteiger partial charge in [0, 0.05) is 11.1 Å². The van der Waals surface area contributed by atoms with E-state index in [1.165, 1.54) is 16.9 Å². The van der Waals surface area contributed by atoms with Crippen LogP contribution in [0.4, 0.5) is 0 Å². The fourth-order valence-electron chi connectivity index (χ4n) is 1.76. The number of rotatable bonds is 3. The minimum atomic E-state index is 0.523. The second-order valence-electron chi connectivity index (χ2n) is 4.79. The Balaban J connectivity index is 2.31. The van der Waals surface area contributed by atoms with E-state index in [9.17, 15) is 5.26 Å². The summed E-state index contributed by atoms with van der Waals surface area (Å²) in [7, 11) is 0. The number of hydrogen-bond acceptors (Lipinski definition) is 3. The van der Waals surface area contributed by atoms with Crippen molar-refractivity contribution in [3.8, 4) is 6.07 Å². The third-order valence-corrected chi connectivity index (χ3v) is 3.88. The predicted octanol–water partition coefficient (Wildman–Crippen LogP) is 4.64. The van der Waals surface area contributed by atoms with Gasteiger partial charge in [-0.25, -0.2) is 4.98 Å². The topological polar surface area (TPSA) is 36.7 Å². The van der Waals surface area contributed by atoms with E-state index in [4.69, 9.17) is 0 Å². The summed E-state index contributed by atoms with van der Waals surface area (Å²) in [6.45, 7) is 6.28. The van der Waals surface area contributed by atoms with Crippen molar-refractivity contribution in [1.82, 2.24) is 4.98 Å². The summed E-state index contributed by atoms with van der Waals surface area (Å²) >= 11 is 1.51. The number of hydrogen-bond donors (Lipinski definition) is 0. The van der Waals surface area contributed by atoms with Gasteiger partial charge in [-0.1, -0.05) is 38.1 Å². The maximum atomic E-state index is 9.24. The van der Waals surface area contributed by atoms with Gasteiger partial charge in [0.2, 0.25) is 0 Å². The molecule has 0 atom stereocenters. The highest BCUT2D eigenvalue weighted by molar-refractivity contribution is 7.11. The lowest BCUT2D eigenvalue weighted by atomic mass is 10.0. The van der Waals surface area contributed by atoms with Crippen molar-refractivity contribution >= 4 is 23.0 Å². The molecule has 2 nitrogen and oxygen atoms in total. The Morgan fingerprint density at radius 2 is 2.00 bits per heavy atom. The van der Waals surface area contributed by atoms with E-state index >= 15 is 0 Å². The third kappa shape index (κ3) is 3.30. The molecule has 0 unspecified atom stereocenters. The maximum absolute atomic E-state index is 9.24. The van der Waals surface area contributed by atoms with Crippen molar-refractivity contribution < 1.29 is 0 Å². The van der Waals surface area contributed by atoms with Crippen LogP contribution in [0.15, 0.2) is 29.6 Å². The molecule has 2 aromatic rings. The minimum absolute atomic E-state index is 0.523. The van der Waals surface area contributed by atoms with Gasteiger partial charge >= 0.3 is 0 Å². The first-order chi connectivity index (χ1) is 9.10. The van der Waals surface area contributed by atoms with E-state index in [-0.39, 0.29) is 0 Å². The number of aromatic nitrogens is 1. The Hall–Kier alpha value is -1.92. The highest BCUT2D eigenvalue weighted by Crippen LogP contribution is 2.22. The molecule has 3 heteroatoms. The molecular weight excluding hydrogens is 252 g/mol. The van der Waals surface area contributed by atoms with E-state index < -0.39 is 0 Å². The van der Waals surface area contributed by atoms with Crippen LogP contribution in [0, 0.1) is 18.3 Å². The summed E-state index contributed by atoms with van der Waals surface area (Å²) < 4.78 is 0. The first-order valence-electron chi connectivity index (χ1n) is 6.24. The SMILES string of the molecule is Cc1csc(/C(C#N)=C\c2ccc(C(C)C)cc2)n1. The van der Waals surface area contributed by atoms with Crippen LogP contribution in [0.5, 0.6) is 0 Å². The van der Waals surface area contributed by atoms with Gasteiger partial charge in [-0.2, -0.15) is 5.26 Å². The van der Waals surface area contributed by atoms with Crippen molar-refractivity contribution in [3.63, 3.8) is 0 Å². The van der Waals surface area contributed by atoms with Crippen LogP contribution in [0.3, 0.4) is 0 Å². The summed E-state index contributed by atoms with van der Waals surface area (Å²) in [6, 6.07) is 10.5. The van der Waals surface area contributed by atoms with Crippen LogP contribution in [-0.4, -0.2) is 4.98 Å². The summed E-state index contributed by atoms with van der Waals surface area (Å²) in [4.78, 5) is 4.35. The zero-order chi connectivity index (χ0) is 13.8. The number of aryl methyl sites for hydroxylation is 1. The molecule has 0 fully saturated rings. The van der Waals surface area contributed by atoms with Gasteiger partial charge in [0.15, 0.2) is 0 Å². The first kappa shape index (κ1) is 13.5. The molecular formula is C16H16N2S. The third-order valence-electron chi connectivity index (χ3n) is 2.88. The van der Waals surface area contributed by atoms with Gasteiger partial charge in [0.25, 0.3) is 0 Å². The summed E-state index contributed by atoms with van der Waals surface area (Å²) in [5.41, 5.74) is 3.92. The van der Waals surface area contributed by atoms with Gasteiger partial charge < -0.3 is 0 Å². The normalized spacial score (nSPS) is 11.6. The van der Waals surface area contributed by atoms with Crippen molar-refractivity contribution in [2.24, 2.45) is 0 Å². The fourth-order valence-corrected chi connectivity index (χ4v) is 2.53. The van der Waals surface area contributed by atoms with Gasteiger partial charge in [0.1, 0.15) is 11.1 Å². The van der Waals surface area contributed by atoms with E-state index in [0.717, 1.165) is 16.3 Å². The highest BCUT2D eigenvalue weighted by Gasteiger charge is 2.05. The standard InChI is InChI=1S/C16H16N2S/c1-11(2)14-6-4-13(5-7-14)8-15(9-17)16-18-12(3)10-19-16/h4-8,10-11H,1-3H3/b15-8-. The van der Waals surface area contributed by atoms with Crippen molar-refractivity contribution in [2.45, 2.75) is 26.7 Å². The average molecular weight is 268 g/mol. The van der Waals surface area contributed by atoms with Crippen molar-refractivity contribution in [1.29, 1.82) is 5.26 Å². The van der Waals surface area contributed by atoms with Crippen LogP contribution in [0.1, 0.15) is 41.6 Å². The fraction of sp³-hybridized carbons (Fsp3) is 0.250. The Labute approximate surface area is 118 Å². The smallest absolute Gasteiger partial charge is 0.134 e. The highest BCUT2D eigenvalue weighted by atomic mass is 32.1. The van der Waals surface area contributed by atoms with Crippen LogP contribution in [-0.2, 0) is 0 Å². The first-order valence-corrected chi connectivity index (χ1v) is 7.12. The average Bonchev–Trinajstić information content (AvgIpc) is 2.83. The molecule has 0 saturated heterocycles. The molecule has 0 spiro atoms. The number of nitrogens with zero attached hydrogens (tertiary/aromatic N) is 2. The molecule has 0 radical (unpaired) electrons. The van der Waals surface area contributed by atoms with Gasteiger partial charge in [-0.3, -0.25) is 0 Å². The van der Waals surface area contributed by atoms with Gasteiger partial charge in [-0.05, 0) is 30.0 Å². The molecule has 19 heavy (non-hydrogen) atoms. The monoisotopic (exact) mass is 268 g/mol. The molecule has 1 aromatic heterocycles. The Kier molecular flexibility index (Phi) is 4.13.